The van der Waals surface area contributed by atoms with Crippen LogP contribution in [-0.2, 0) is 11.3 Å². The van der Waals surface area contributed by atoms with E-state index in [-0.39, 0.29) is 0 Å². The average Bonchev–Trinajstić information content (AvgIpc) is 2.26. The van der Waals surface area contributed by atoms with E-state index in [1.807, 2.05) is 18.2 Å². The highest BCUT2D eigenvalue weighted by molar-refractivity contribution is 5.82. The molecule has 3 heteroatoms. The highest BCUT2D eigenvalue weighted by Gasteiger charge is 2.07. The van der Waals surface area contributed by atoms with Gasteiger partial charge in [-0.3, -0.25) is 9.80 Å². The number of hydrazone groups is 1. The molecule has 1 heterocycles. The topological polar surface area (TPSA) is 32.7 Å². The standard InChI is InChI=1S/C11H10N2O/c14-7-3-6-13-9-11-5-2-1-4-10(11)8-12-13/h1-8H,9H2. The molecule has 0 atom stereocenters. The maximum atomic E-state index is 10.1. The number of carbonyl (C=O) groups excluding carboxylic acids is 1. The van der Waals surface area contributed by atoms with Crippen LogP contribution in [0.5, 0.6) is 0 Å². The highest BCUT2D eigenvalue weighted by atomic mass is 16.1. The summed E-state index contributed by atoms with van der Waals surface area (Å²) in [5.41, 5.74) is 2.36. The molecule has 0 N–H and O–H groups in total. The summed E-state index contributed by atoms with van der Waals surface area (Å²) in [5, 5.41) is 5.90. The van der Waals surface area contributed by atoms with Crippen molar-refractivity contribution in [3.63, 3.8) is 0 Å². The lowest BCUT2D eigenvalue weighted by molar-refractivity contribution is -0.104. The summed E-state index contributed by atoms with van der Waals surface area (Å²) in [6.45, 7) is 0.719. The summed E-state index contributed by atoms with van der Waals surface area (Å²) < 4.78 is 0. The van der Waals surface area contributed by atoms with Gasteiger partial charge in [0.05, 0.1) is 12.8 Å². The van der Waals surface area contributed by atoms with Gasteiger partial charge in [0.25, 0.3) is 0 Å². The van der Waals surface area contributed by atoms with Crippen LogP contribution in [-0.4, -0.2) is 17.5 Å². The Bertz CT molecular complexity index is 396. The van der Waals surface area contributed by atoms with Gasteiger partial charge >= 0.3 is 0 Å². The third kappa shape index (κ3) is 1.71. The third-order valence-electron chi connectivity index (χ3n) is 2.07. The van der Waals surface area contributed by atoms with Crippen LogP contribution in [0.25, 0.3) is 0 Å². The van der Waals surface area contributed by atoms with Crippen molar-refractivity contribution in [2.45, 2.75) is 6.54 Å². The largest absolute Gasteiger partial charge is 0.299 e. The average molecular weight is 186 g/mol. The van der Waals surface area contributed by atoms with Gasteiger partial charge in [-0.25, -0.2) is 0 Å². The fourth-order valence-corrected chi connectivity index (χ4v) is 1.38. The van der Waals surface area contributed by atoms with E-state index < -0.39 is 0 Å². The molecule has 1 aromatic rings. The second kappa shape index (κ2) is 3.87. The predicted molar refractivity (Wildman–Crippen MR) is 54.8 cm³/mol. The number of aldehydes is 1. The Morgan fingerprint density at radius 3 is 3.07 bits per heavy atom. The molecule has 0 unspecified atom stereocenters. The van der Waals surface area contributed by atoms with E-state index in [1.54, 1.807) is 17.4 Å². The van der Waals surface area contributed by atoms with Crippen LogP contribution in [0.1, 0.15) is 11.1 Å². The van der Waals surface area contributed by atoms with Crippen molar-refractivity contribution in [1.29, 1.82) is 0 Å². The second-order valence-corrected chi connectivity index (χ2v) is 3.02. The van der Waals surface area contributed by atoms with Crippen molar-refractivity contribution in [3.05, 3.63) is 47.7 Å². The van der Waals surface area contributed by atoms with Crippen LogP contribution in [0.3, 0.4) is 0 Å². The molecular weight excluding hydrogens is 176 g/mol. The molecule has 0 aromatic heterocycles. The van der Waals surface area contributed by atoms with E-state index in [1.165, 1.54) is 11.6 Å². The van der Waals surface area contributed by atoms with E-state index in [0.717, 1.165) is 18.4 Å². The minimum absolute atomic E-state index is 0.719. The van der Waals surface area contributed by atoms with Crippen molar-refractivity contribution in [2.24, 2.45) is 5.10 Å². The number of carbonyl (C=O) groups is 1. The van der Waals surface area contributed by atoms with E-state index >= 15 is 0 Å². The van der Waals surface area contributed by atoms with Gasteiger partial charge in [0.2, 0.25) is 0 Å². The van der Waals surface area contributed by atoms with Crippen molar-refractivity contribution in [3.8, 4) is 0 Å². The minimum Gasteiger partial charge on any atom is -0.299 e. The Morgan fingerprint density at radius 2 is 2.21 bits per heavy atom. The first kappa shape index (κ1) is 8.69. The Morgan fingerprint density at radius 1 is 1.36 bits per heavy atom. The summed E-state index contributed by atoms with van der Waals surface area (Å²) in [6.07, 6.45) is 5.65. The summed E-state index contributed by atoms with van der Waals surface area (Å²) in [4.78, 5) is 10.1. The van der Waals surface area contributed by atoms with Gasteiger partial charge in [0.15, 0.2) is 0 Å². The van der Waals surface area contributed by atoms with Gasteiger partial charge < -0.3 is 0 Å². The van der Waals surface area contributed by atoms with Gasteiger partial charge in [-0.05, 0) is 17.2 Å². The molecule has 1 aliphatic rings. The summed E-state index contributed by atoms with van der Waals surface area (Å²) >= 11 is 0. The number of nitrogens with zero attached hydrogens (tertiary/aromatic N) is 2. The first-order chi connectivity index (χ1) is 6.90. The van der Waals surface area contributed by atoms with Crippen LogP contribution in [0.4, 0.5) is 0 Å². The molecule has 0 amide bonds. The second-order valence-electron chi connectivity index (χ2n) is 3.02. The lowest BCUT2D eigenvalue weighted by Gasteiger charge is -2.19. The zero-order valence-corrected chi connectivity index (χ0v) is 7.63. The monoisotopic (exact) mass is 186 g/mol. The van der Waals surface area contributed by atoms with Crippen molar-refractivity contribution >= 4 is 12.5 Å². The molecule has 1 aliphatic heterocycles. The molecule has 3 nitrogen and oxygen atoms in total. The molecule has 0 radical (unpaired) electrons. The number of hydrogen-bond donors (Lipinski definition) is 0. The van der Waals surface area contributed by atoms with Gasteiger partial charge in [-0.15, -0.1) is 0 Å². The molecule has 0 fully saturated rings. The zero-order valence-electron chi connectivity index (χ0n) is 7.63. The minimum atomic E-state index is 0.719. The van der Waals surface area contributed by atoms with Crippen LogP contribution >= 0.6 is 0 Å². The van der Waals surface area contributed by atoms with Crippen LogP contribution < -0.4 is 0 Å². The van der Waals surface area contributed by atoms with Gasteiger partial charge in [0, 0.05) is 6.20 Å². The number of benzene rings is 1. The normalized spacial score (nSPS) is 14.4. The third-order valence-corrected chi connectivity index (χ3v) is 2.07. The Hall–Kier alpha value is -1.90. The maximum absolute atomic E-state index is 10.1. The number of hydrogen-bond acceptors (Lipinski definition) is 3. The summed E-state index contributed by atoms with van der Waals surface area (Å²) in [6, 6.07) is 8.07. The molecule has 0 aliphatic carbocycles. The van der Waals surface area contributed by atoms with E-state index in [9.17, 15) is 4.79 Å². The molecule has 0 saturated heterocycles. The number of fused-ring (bicyclic) bond motifs is 1. The maximum Gasteiger partial charge on any atom is 0.144 e. The number of allylic oxidation sites excluding steroid dienone is 1. The molecule has 14 heavy (non-hydrogen) atoms. The van der Waals surface area contributed by atoms with Crippen LogP contribution in [0.15, 0.2) is 41.6 Å². The Kier molecular flexibility index (Phi) is 2.40. The molecule has 0 spiro atoms. The quantitative estimate of drug-likeness (QED) is 0.518. The highest BCUT2D eigenvalue weighted by Crippen LogP contribution is 2.14. The lowest BCUT2D eigenvalue weighted by atomic mass is 10.1. The predicted octanol–water partition coefficient (Wildman–Crippen LogP) is 1.55. The Balaban J connectivity index is 2.21. The van der Waals surface area contributed by atoms with Crippen LogP contribution in [0.2, 0.25) is 0 Å². The number of rotatable bonds is 2. The fraction of sp³-hybridized carbons (Fsp3) is 0.0909. The van der Waals surface area contributed by atoms with Crippen LogP contribution in [0, 0.1) is 0 Å². The lowest BCUT2D eigenvalue weighted by Crippen LogP contribution is -2.15. The summed E-state index contributed by atoms with van der Waals surface area (Å²) in [5.74, 6) is 0. The fourth-order valence-electron chi connectivity index (χ4n) is 1.38. The van der Waals surface area contributed by atoms with E-state index in [0.29, 0.717) is 0 Å². The van der Waals surface area contributed by atoms with Crippen molar-refractivity contribution in [1.82, 2.24) is 5.01 Å². The first-order valence-corrected chi connectivity index (χ1v) is 4.40. The van der Waals surface area contributed by atoms with Gasteiger partial charge in [-0.2, -0.15) is 5.10 Å². The molecule has 1 aromatic carbocycles. The van der Waals surface area contributed by atoms with Crippen molar-refractivity contribution in [2.75, 3.05) is 0 Å². The SMILES string of the molecule is O=CC=CN1Cc2ccccc2C=N1. The molecule has 2 rings (SSSR count). The zero-order chi connectivity index (χ0) is 9.80. The van der Waals surface area contributed by atoms with Gasteiger partial charge in [0.1, 0.15) is 6.29 Å². The smallest absolute Gasteiger partial charge is 0.144 e. The summed E-state index contributed by atoms with van der Waals surface area (Å²) in [7, 11) is 0. The molecule has 0 bridgehead atoms. The van der Waals surface area contributed by atoms with Crippen molar-refractivity contribution < 1.29 is 4.79 Å². The molecule has 70 valence electrons. The van der Waals surface area contributed by atoms with E-state index in [2.05, 4.69) is 11.2 Å². The first-order valence-electron chi connectivity index (χ1n) is 4.40. The van der Waals surface area contributed by atoms with Gasteiger partial charge in [-0.1, -0.05) is 24.3 Å². The molecule has 0 saturated carbocycles. The van der Waals surface area contributed by atoms with E-state index in [4.69, 9.17) is 0 Å². The molecular formula is C11H10N2O. The Labute approximate surface area is 82.3 Å².